The summed E-state index contributed by atoms with van der Waals surface area (Å²) < 4.78 is 0. The number of amides is 2. The summed E-state index contributed by atoms with van der Waals surface area (Å²) in [5.41, 5.74) is 0.893. The summed E-state index contributed by atoms with van der Waals surface area (Å²) in [6, 6.07) is 9.37. The number of piperazine rings is 2. The maximum absolute atomic E-state index is 12.5. The number of hydrogen-bond acceptors (Lipinski definition) is 6. The van der Waals surface area contributed by atoms with Crippen LogP contribution in [0.2, 0.25) is 0 Å². The second-order valence-electron chi connectivity index (χ2n) is 6.51. The molecule has 136 valence electrons. The smallest absolute Gasteiger partial charge is 0.239 e. The van der Waals surface area contributed by atoms with Crippen LogP contribution in [0.3, 0.4) is 0 Å². The molecule has 26 heavy (non-hydrogen) atoms. The second-order valence-corrected chi connectivity index (χ2v) is 6.51. The fourth-order valence-corrected chi connectivity index (χ4v) is 3.40. The van der Waals surface area contributed by atoms with Crippen LogP contribution in [0.1, 0.15) is 6.42 Å². The number of aryl methyl sites for hydroxylation is 1. The molecule has 1 atom stereocenters. The van der Waals surface area contributed by atoms with Crippen LogP contribution in [0.15, 0.2) is 30.3 Å². The molecule has 2 aliphatic heterocycles. The van der Waals surface area contributed by atoms with E-state index in [1.807, 2.05) is 30.3 Å². The van der Waals surface area contributed by atoms with Crippen molar-refractivity contribution in [3.63, 3.8) is 0 Å². The second kappa shape index (κ2) is 7.20. The molecule has 0 aliphatic carbocycles. The summed E-state index contributed by atoms with van der Waals surface area (Å²) in [6.45, 7) is 3.75. The summed E-state index contributed by atoms with van der Waals surface area (Å²) in [5, 5.41) is 15.3. The zero-order valence-electron chi connectivity index (χ0n) is 14.4. The molecule has 9 heteroatoms. The van der Waals surface area contributed by atoms with Crippen LogP contribution in [0.4, 0.5) is 0 Å². The number of aromatic nitrogens is 4. The van der Waals surface area contributed by atoms with Crippen molar-refractivity contribution in [2.24, 2.45) is 0 Å². The number of nitrogens with one attached hydrogen (secondary N) is 1. The van der Waals surface area contributed by atoms with Crippen molar-refractivity contribution >= 4 is 11.8 Å². The Bertz CT molecular complexity index is 791. The molecular formula is C17H21N7O2. The number of nitrogens with zero attached hydrogens (tertiary/aromatic N) is 6. The fraction of sp³-hybridized carbons (Fsp3) is 0.471. The summed E-state index contributed by atoms with van der Waals surface area (Å²) in [5.74, 6) is 0.575. The van der Waals surface area contributed by atoms with Gasteiger partial charge in [-0.3, -0.25) is 14.5 Å². The highest BCUT2D eigenvalue weighted by Gasteiger charge is 2.36. The van der Waals surface area contributed by atoms with E-state index in [1.165, 1.54) is 4.80 Å². The van der Waals surface area contributed by atoms with E-state index in [0.29, 0.717) is 38.4 Å². The summed E-state index contributed by atoms with van der Waals surface area (Å²) >= 11 is 0. The average molecular weight is 355 g/mol. The number of rotatable bonds is 4. The van der Waals surface area contributed by atoms with Gasteiger partial charge in [0, 0.05) is 44.7 Å². The number of tetrazole rings is 1. The van der Waals surface area contributed by atoms with Gasteiger partial charge in [0.2, 0.25) is 17.6 Å². The Morgan fingerprint density at radius 1 is 1.19 bits per heavy atom. The van der Waals surface area contributed by atoms with E-state index in [0.717, 1.165) is 18.7 Å². The first-order valence-electron chi connectivity index (χ1n) is 8.83. The van der Waals surface area contributed by atoms with Gasteiger partial charge in [0.05, 0.1) is 6.54 Å². The number of benzene rings is 1. The van der Waals surface area contributed by atoms with E-state index >= 15 is 0 Å². The standard InChI is InChI=1S/C17H21N7O2/c25-15(23-11-10-22-9-7-18-17(26)14(22)12-23)6-8-24-20-16(19-21-24)13-4-2-1-3-5-13/h1-5,14H,6-12H2,(H,18,26). The zero-order chi connectivity index (χ0) is 17.9. The number of carbonyl (C=O) groups excluding carboxylic acids is 2. The minimum atomic E-state index is -0.226. The third kappa shape index (κ3) is 3.43. The Kier molecular flexibility index (Phi) is 4.61. The molecule has 0 spiro atoms. The predicted molar refractivity (Wildman–Crippen MR) is 92.8 cm³/mol. The molecule has 3 heterocycles. The lowest BCUT2D eigenvalue weighted by Crippen LogP contribution is -2.64. The van der Waals surface area contributed by atoms with Crippen LogP contribution in [-0.4, -0.2) is 80.6 Å². The Morgan fingerprint density at radius 3 is 2.88 bits per heavy atom. The molecule has 1 unspecified atom stereocenters. The van der Waals surface area contributed by atoms with Crippen LogP contribution in [0.5, 0.6) is 0 Å². The van der Waals surface area contributed by atoms with Crippen LogP contribution in [-0.2, 0) is 16.1 Å². The molecule has 0 bridgehead atoms. The molecule has 1 aromatic carbocycles. The van der Waals surface area contributed by atoms with E-state index in [9.17, 15) is 9.59 Å². The van der Waals surface area contributed by atoms with Gasteiger partial charge >= 0.3 is 0 Å². The molecule has 9 nitrogen and oxygen atoms in total. The van der Waals surface area contributed by atoms with Gasteiger partial charge in [0.25, 0.3) is 0 Å². The van der Waals surface area contributed by atoms with E-state index in [4.69, 9.17) is 0 Å². The van der Waals surface area contributed by atoms with Crippen LogP contribution < -0.4 is 5.32 Å². The topological polar surface area (TPSA) is 96.2 Å². The minimum absolute atomic E-state index is 0.0131. The monoisotopic (exact) mass is 355 g/mol. The van der Waals surface area contributed by atoms with Crippen molar-refractivity contribution < 1.29 is 9.59 Å². The van der Waals surface area contributed by atoms with Crippen molar-refractivity contribution in [3.8, 4) is 11.4 Å². The lowest BCUT2D eigenvalue weighted by molar-refractivity contribution is -0.140. The zero-order valence-corrected chi connectivity index (χ0v) is 14.4. The number of fused-ring (bicyclic) bond motifs is 1. The van der Waals surface area contributed by atoms with E-state index < -0.39 is 0 Å². The van der Waals surface area contributed by atoms with Gasteiger partial charge in [-0.1, -0.05) is 30.3 Å². The Hall–Kier alpha value is -2.81. The van der Waals surface area contributed by atoms with Crippen molar-refractivity contribution in [1.82, 2.24) is 35.3 Å². The van der Waals surface area contributed by atoms with Crippen molar-refractivity contribution in [1.29, 1.82) is 0 Å². The van der Waals surface area contributed by atoms with E-state index in [2.05, 4.69) is 25.6 Å². The molecule has 0 saturated carbocycles. The Labute approximate surface area is 151 Å². The van der Waals surface area contributed by atoms with Gasteiger partial charge in [-0.25, -0.2) is 0 Å². The normalized spacial score (nSPS) is 20.5. The maximum atomic E-state index is 12.5. The molecular weight excluding hydrogens is 334 g/mol. The SMILES string of the molecule is O=C1NCCN2CCN(C(=O)CCn3nnc(-c4ccccc4)n3)CC12. The Balaban J connectivity index is 1.33. The molecule has 2 saturated heterocycles. The first-order chi connectivity index (χ1) is 12.7. The van der Waals surface area contributed by atoms with Gasteiger partial charge in [0.1, 0.15) is 6.04 Å². The highest BCUT2D eigenvalue weighted by molar-refractivity contribution is 5.84. The molecule has 1 aromatic heterocycles. The van der Waals surface area contributed by atoms with E-state index in [1.54, 1.807) is 4.90 Å². The first-order valence-corrected chi connectivity index (χ1v) is 8.83. The van der Waals surface area contributed by atoms with Crippen molar-refractivity contribution in [3.05, 3.63) is 30.3 Å². The van der Waals surface area contributed by atoms with Crippen molar-refractivity contribution in [2.45, 2.75) is 19.0 Å². The third-order valence-electron chi connectivity index (χ3n) is 4.86. The Morgan fingerprint density at radius 2 is 2.04 bits per heavy atom. The predicted octanol–water partition coefficient (Wildman–Crippen LogP) is -0.627. The summed E-state index contributed by atoms with van der Waals surface area (Å²) in [4.78, 5) is 29.9. The number of carbonyl (C=O) groups is 2. The average Bonchev–Trinajstić information content (AvgIpc) is 3.16. The summed E-state index contributed by atoms with van der Waals surface area (Å²) in [7, 11) is 0. The third-order valence-corrected chi connectivity index (χ3v) is 4.86. The van der Waals surface area contributed by atoms with Crippen LogP contribution in [0, 0.1) is 0 Å². The summed E-state index contributed by atoms with van der Waals surface area (Å²) in [6.07, 6.45) is 0.291. The van der Waals surface area contributed by atoms with Crippen LogP contribution in [0.25, 0.3) is 11.4 Å². The first kappa shape index (κ1) is 16.6. The molecule has 2 amide bonds. The van der Waals surface area contributed by atoms with E-state index in [-0.39, 0.29) is 17.9 Å². The largest absolute Gasteiger partial charge is 0.353 e. The number of hydrogen-bond donors (Lipinski definition) is 1. The lowest BCUT2D eigenvalue weighted by atomic mass is 10.1. The molecule has 2 fully saturated rings. The molecule has 0 radical (unpaired) electrons. The van der Waals surface area contributed by atoms with Crippen LogP contribution >= 0.6 is 0 Å². The van der Waals surface area contributed by atoms with Gasteiger partial charge in [-0.15, -0.1) is 10.2 Å². The molecule has 4 rings (SSSR count). The highest BCUT2D eigenvalue weighted by atomic mass is 16.2. The minimum Gasteiger partial charge on any atom is -0.353 e. The maximum Gasteiger partial charge on any atom is 0.239 e. The highest BCUT2D eigenvalue weighted by Crippen LogP contribution is 2.14. The van der Waals surface area contributed by atoms with Gasteiger partial charge in [-0.2, -0.15) is 4.80 Å². The van der Waals surface area contributed by atoms with Gasteiger partial charge < -0.3 is 10.2 Å². The molecule has 2 aromatic rings. The molecule has 2 aliphatic rings. The van der Waals surface area contributed by atoms with Crippen molar-refractivity contribution in [2.75, 3.05) is 32.7 Å². The lowest BCUT2D eigenvalue weighted by Gasteiger charge is -2.43. The van der Waals surface area contributed by atoms with Gasteiger partial charge in [0.15, 0.2) is 0 Å². The fourth-order valence-electron chi connectivity index (χ4n) is 3.40. The van der Waals surface area contributed by atoms with Gasteiger partial charge in [-0.05, 0) is 5.21 Å². The quantitative estimate of drug-likeness (QED) is 0.785. The molecule has 1 N–H and O–H groups in total.